The van der Waals surface area contributed by atoms with Gasteiger partial charge in [-0.15, -0.1) is 0 Å². The molecule has 45 heavy (non-hydrogen) atoms. The second kappa shape index (κ2) is 12.3. The lowest BCUT2D eigenvalue weighted by Crippen LogP contribution is -2.15. The van der Waals surface area contributed by atoms with Gasteiger partial charge in [0, 0.05) is 9.89 Å². The largest absolute Gasteiger partial charge is 0.0622 e. The molecule has 0 nitrogen and oxygen atoms in total. The number of hydrogen-bond acceptors (Lipinski definition) is 0. The molecule has 0 atom stereocenters. The molecule has 0 unspecified atom stereocenters. The molecule has 0 aliphatic heterocycles. The summed E-state index contributed by atoms with van der Waals surface area (Å²) in [5.74, 6) is 0. The van der Waals surface area contributed by atoms with Gasteiger partial charge in [0.05, 0.1) is 0 Å². The van der Waals surface area contributed by atoms with Crippen LogP contribution in [0.2, 0.25) is 0 Å². The number of benzene rings is 6. The van der Waals surface area contributed by atoms with Crippen LogP contribution in [0.25, 0.3) is 44.5 Å². The van der Waals surface area contributed by atoms with Gasteiger partial charge in [-0.2, -0.15) is 0 Å². The van der Waals surface area contributed by atoms with Gasteiger partial charge in [0.15, 0.2) is 0 Å². The third-order valence-corrected chi connectivity index (χ3v) is 10.1. The molecular formula is C44H41Br. The lowest BCUT2D eigenvalue weighted by Gasteiger charge is -2.22. The van der Waals surface area contributed by atoms with E-state index >= 15 is 0 Å². The van der Waals surface area contributed by atoms with Crippen LogP contribution in [0, 0.1) is 34.6 Å². The highest BCUT2D eigenvalue weighted by Crippen LogP contribution is 2.50. The topological polar surface area (TPSA) is 0 Å². The minimum atomic E-state index is 0.0221. The lowest BCUT2D eigenvalue weighted by molar-refractivity contribution is 0.660. The van der Waals surface area contributed by atoms with Gasteiger partial charge in [-0.05, 0) is 137 Å². The zero-order valence-corrected chi connectivity index (χ0v) is 29.0. The van der Waals surface area contributed by atoms with Crippen molar-refractivity contribution in [2.24, 2.45) is 0 Å². The number of rotatable bonds is 3. The van der Waals surface area contributed by atoms with Crippen LogP contribution in [0.3, 0.4) is 0 Å². The molecule has 0 N–H and O–H groups in total. The first kappa shape index (κ1) is 30.8. The first-order valence-corrected chi connectivity index (χ1v) is 16.6. The number of hydrogen-bond donors (Lipinski definition) is 0. The van der Waals surface area contributed by atoms with Crippen LogP contribution in [0.15, 0.2) is 126 Å². The molecule has 6 aromatic carbocycles. The second-order valence-electron chi connectivity index (χ2n) is 13.0. The highest BCUT2D eigenvalue weighted by molar-refractivity contribution is 9.10. The van der Waals surface area contributed by atoms with Gasteiger partial charge in [-0.1, -0.05) is 132 Å². The summed E-state index contributed by atoms with van der Waals surface area (Å²) in [6.45, 7) is 15.7. The molecular weight excluding hydrogens is 608 g/mol. The predicted octanol–water partition coefficient (Wildman–Crippen LogP) is 13.0. The molecule has 224 valence electrons. The highest BCUT2D eigenvalue weighted by Gasteiger charge is 2.35. The fourth-order valence-corrected chi connectivity index (χ4v) is 7.50. The van der Waals surface area contributed by atoms with Crippen molar-refractivity contribution in [1.82, 2.24) is 0 Å². The van der Waals surface area contributed by atoms with Gasteiger partial charge in [0.1, 0.15) is 0 Å². The number of fused-ring (bicyclic) bond motifs is 3. The Balaban J connectivity index is 0.000000452. The first-order chi connectivity index (χ1) is 21.6. The van der Waals surface area contributed by atoms with Gasteiger partial charge in [-0.3, -0.25) is 0 Å². The van der Waals surface area contributed by atoms with Gasteiger partial charge in [0.2, 0.25) is 0 Å². The molecule has 7 rings (SSSR count). The summed E-state index contributed by atoms with van der Waals surface area (Å²) in [4.78, 5) is 0. The van der Waals surface area contributed by atoms with Crippen LogP contribution in [-0.2, 0) is 5.41 Å². The Bertz CT molecular complexity index is 2010. The van der Waals surface area contributed by atoms with Crippen LogP contribution in [0.4, 0.5) is 0 Å². The smallest absolute Gasteiger partial charge is 0.0256 e. The lowest BCUT2D eigenvalue weighted by atomic mass is 9.81. The summed E-state index contributed by atoms with van der Waals surface area (Å²) >= 11 is 3.80. The van der Waals surface area contributed by atoms with Crippen molar-refractivity contribution in [1.29, 1.82) is 0 Å². The molecule has 0 saturated heterocycles. The van der Waals surface area contributed by atoms with E-state index in [2.05, 4.69) is 168 Å². The van der Waals surface area contributed by atoms with Crippen molar-refractivity contribution >= 4 is 15.9 Å². The zero-order chi connectivity index (χ0) is 31.9. The fraction of sp³-hybridized carbons (Fsp3) is 0.182. The van der Waals surface area contributed by atoms with Gasteiger partial charge in [0.25, 0.3) is 0 Å². The number of halogens is 1. The fourth-order valence-electron chi connectivity index (χ4n) is 6.82. The molecule has 0 heterocycles. The molecule has 0 fully saturated rings. The van der Waals surface area contributed by atoms with Crippen molar-refractivity contribution in [2.75, 3.05) is 0 Å². The van der Waals surface area contributed by atoms with Crippen molar-refractivity contribution in [2.45, 2.75) is 53.9 Å². The van der Waals surface area contributed by atoms with E-state index in [4.69, 9.17) is 0 Å². The van der Waals surface area contributed by atoms with E-state index in [1.165, 1.54) is 83.5 Å². The van der Waals surface area contributed by atoms with Crippen LogP contribution in [0.1, 0.15) is 52.8 Å². The third-order valence-electron chi connectivity index (χ3n) is 9.46. The molecule has 0 bridgehead atoms. The van der Waals surface area contributed by atoms with Crippen molar-refractivity contribution < 1.29 is 0 Å². The molecule has 0 spiro atoms. The van der Waals surface area contributed by atoms with Crippen molar-refractivity contribution in [3.05, 3.63) is 165 Å². The summed E-state index contributed by atoms with van der Waals surface area (Å²) in [6, 6.07) is 44.2. The summed E-state index contributed by atoms with van der Waals surface area (Å²) in [7, 11) is 0. The van der Waals surface area contributed by atoms with Gasteiger partial charge < -0.3 is 0 Å². The molecule has 0 radical (unpaired) electrons. The maximum Gasteiger partial charge on any atom is 0.0256 e. The Kier molecular flexibility index (Phi) is 8.42. The molecule has 1 aliphatic carbocycles. The van der Waals surface area contributed by atoms with E-state index in [0.717, 1.165) is 4.47 Å². The van der Waals surface area contributed by atoms with E-state index in [1.54, 1.807) is 0 Å². The summed E-state index contributed by atoms with van der Waals surface area (Å²) < 4.78 is 1.14. The van der Waals surface area contributed by atoms with E-state index in [-0.39, 0.29) is 5.41 Å². The third kappa shape index (κ3) is 5.83. The molecule has 0 saturated carbocycles. The Morgan fingerprint density at radius 2 is 1.02 bits per heavy atom. The monoisotopic (exact) mass is 648 g/mol. The van der Waals surface area contributed by atoms with Gasteiger partial charge >= 0.3 is 0 Å². The van der Waals surface area contributed by atoms with Crippen LogP contribution in [-0.4, -0.2) is 0 Å². The van der Waals surface area contributed by atoms with E-state index < -0.39 is 0 Å². The van der Waals surface area contributed by atoms with Crippen LogP contribution < -0.4 is 0 Å². The van der Waals surface area contributed by atoms with Gasteiger partial charge in [-0.25, -0.2) is 0 Å². The highest BCUT2D eigenvalue weighted by atomic mass is 79.9. The summed E-state index contributed by atoms with van der Waals surface area (Å²) in [5.41, 5.74) is 19.8. The van der Waals surface area contributed by atoms with Crippen LogP contribution >= 0.6 is 15.9 Å². The minimum absolute atomic E-state index is 0.0221. The Morgan fingerprint density at radius 1 is 0.422 bits per heavy atom. The Labute approximate surface area is 278 Å². The summed E-state index contributed by atoms with van der Waals surface area (Å²) in [5, 5.41) is 0. The standard InChI is InChI=1S/C37H33Br.C7H8/c1-22-14-16-26(27-17-15-23(2)31(20-27)36-24(3)10-9-13-35(36)38)19-29(22)30-21-32-28-11-7-8-12-33(28)37(5,6)34(32)18-25(30)4;1-7-5-3-2-4-6-7/h7-21H,1-6H3;2-6H,1H3. The molecule has 6 aromatic rings. The normalized spacial score (nSPS) is 12.6. The Hall–Kier alpha value is -4.20. The molecule has 1 heteroatoms. The van der Waals surface area contributed by atoms with Crippen molar-refractivity contribution in [3.63, 3.8) is 0 Å². The van der Waals surface area contributed by atoms with Crippen LogP contribution in [0.5, 0.6) is 0 Å². The first-order valence-electron chi connectivity index (χ1n) is 15.8. The average molecular weight is 650 g/mol. The second-order valence-corrected chi connectivity index (χ2v) is 13.9. The Morgan fingerprint density at radius 3 is 1.67 bits per heavy atom. The SMILES string of the molecule is Cc1ccc(-c2ccc(C)c(-c3c(C)cccc3Br)c2)cc1-c1cc2c(cc1C)C(C)(C)c1ccccc1-2.Cc1ccccc1. The minimum Gasteiger partial charge on any atom is -0.0622 e. The molecule has 0 amide bonds. The average Bonchev–Trinajstić information content (AvgIpc) is 3.24. The van der Waals surface area contributed by atoms with E-state index in [9.17, 15) is 0 Å². The van der Waals surface area contributed by atoms with E-state index in [0.29, 0.717) is 0 Å². The predicted molar refractivity (Wildman–Crippen MR) is 198 cm³/mol. The zero-order valence-electron chi connectivity index (χ0n) is 27.4. The summed E-state index contributed by atoms with van der Waals surface area (Å²) in [6.07, 6.45) is 0. The van der Waals surface area contributed by atoms with Crippen molar-refractivity contribution in [3.8, 4) is 44.5 Å². The quantitative estimate of drug-likeness (QED) is 0.179. The van der Waals surface area contributed by atoms with E-state index in [1.807, 2.05) is 18.2 Å². The maximum absolute atomic E-state index is 3.80. The molecule has 1 aliphatic rings. The number of aryl methyl sites for hydroxylation is 5. The maximum atomic E-state index is 3.80. The molecule has 0 aromatic heterocycles.